The fourth-order valence-electron chi connectivity index (χ4n) is 1.48. The molecule has 0 spiro atoms. The minimum Gasteiger partial charge on any atom is -0.508 e. The second kappa shape index (κ2) is 5.62. The maximum atomic E-state index is 9.25. The molecule has 0 aliphatic rings. The molecule has 0 fully saturated rings. The molecule has 78 valence electrons. The Morgan fingerprint density at radius 1 is 1.21 bits per heavy atom. The molecule has 0 heterocycles. The van der Waals surface area contributed by atoms with E-state index in [0.29, 0.717) is 6.42 Å². The van der Waals surface area contributed by atoms with Crippen LogP contribution in [0.3, 0.4) is 0 Å². The van der Waals surface area contributed by atoms with E-state index in [4.69, 9.17) is 10.2 Å². The third-order valence-corrected chi connectivity index (χ3v) is 2.27. The summed E-state index contributed by atoms with van der Waals surface area (Å²) in [6.07, 6.45) is 1.40. The van der Waals surface area contributed by atoms with E-state index in [1.165, 1.54) is 0 Å². The first-order chi connectivity index (χ1) is 6.77. The summed E-state index contributed by atoms with van der Waals surface area (Å²) in [4.78, 5) is 0. The van der Waals surface area contributed by atoms with E-state index in [0.717, 1.165) is 12.0 Å². The quantitative estimate of drug-likeness (QED) is 0.664. The monoisotopic (exact) mass is 196 g/mol. The van der Waals surface area contributed by atoms with Crippen molar-refractivity contribution in [3.63, 3.8) is 0 Å². The van der Waals surface area contributed by atoms with Crippen molar-refractivity contribution in [2.24, 2.45) is 0 Å². The Morgan fingerprint density at radius 2 is 2.00 bits per heavy atom. The van der Waals surface area contributed by atoms with Crippen LogP contribution in [0.15, 0.2) is 24.3 Å². The lowest BCUT2D eigenvalue weighted by Gasteiger charge is -2.13. The summed E-state index contributed by atoms with van der Waals surface area (Å²) in [5, 5.41) is 27.1. The summed E-state index contributed by atoms with van der Waals surface area (Å²) >= 11 is 0. The van der Waals surface area contributed by atoms with Crippen molar-refractivity contribution in [2.45, 2.75) is 18.8 Å². The number of hydrogen-bond donors (Lipinski definition) is 3. The van der Waals surface area contributed by atoms with Gasteiger partial charge in [0.25, 0.3) is 0 Å². The molecule has 0 saturated carbocycles. The van der Waals surface area contributed by atoms with Crippen LogP contribution in [0.5, 0.6) is 5.75 Å². The van der Waals surface area contributed by atoms with Gasteiger partial charge < -0.3 is 15.3 Å². The lowest BCUT2D eigenvalue weighted by Crippen LogP contribution is -2.04. The first-order valence-electron chi connectivity index (χ1n) is 4.78. The standard InChI is InChI=1S/C11H16O3/c12-6-2-4-10(8-13)9-3-1-5-11(14)7-9/h1,3,5,7,10,12-14H,2,4,6,8H2. The molecule has 0 amide bonds. The second-order valence-corrected chi connectivity index (χ2v) is 3.34. The van der Waals surface area contributed by atoms with Gasteiger partial charge in [-0.25, -0.2) is 0 Å². The van der Waals surface area contributed by atoms with E-state index in [9.17, 15) is 5.11 Å². The van der Waals surface area contributed by atoms with Gasteiger partial charge in [0, 0.05) is 19.1 Å². The van der Waals surface area contributed by atoms with Crippen LogP contribution < -0.4 is 0 Å². The van der Waals surface area contributed by atoms with Gasteiger partial charge in [-0.2, -0.15) is 0 Å². The van der Waals surface area contributed by atoms with Crippen molar-refractivity contribution in [1.82, 2.24) is 0 Å². The number of hydrogen-bond acceptors (Lipinski definition) is 3. The molecule has 3 N–H and O–H groups in total. The zero-order valence-corrected chi connectivity index (χ0v) is 8.06. The van der Waals surface area contributed by atoms with Crippen LogP contribution in [0.1, 0.15) is 24.3 Å². The van der Waals surface area contributed by atoms with Gasteiger partial charge in [-0.1, -0.05) is 12.1 Å². The molecule has 0 aromatic heterocycles. The molecule has 3 heteroatoms. The van der Waals surface area contributed by atoms with Crippen molar-refractivity contribution < 1.29 is 15.3 Å². The van der Waals surface area contributed by atoms with Crippen molar-refractivity contribution in [3.05, 3.63) is 29.8 Å². The highest BCUT2D eigenvalue weighted by Gasteiger charge is 2.09. The summed E-state index contributed by atoms with van der Waals surface area (Å²) in [5.74, 6) is 0.221. The van der Waals surface area contributed by atoms with Gasteiger partial charge in [0.1, 0.15) is 5.75 Å². The third-order valence-electron chi connectivity index (χ3n) is 2.27. The van der Waals surface area contributed by atoms with E-state index < -0.39 is 0 Å². The van der Waals surface area contributed by atoms with E-state index >= 15 is 0 Å². The number of phenols is 1. The molecule has 1 rings (SSSR count). The molecule has 0 radical (unpaired) electrons. The third kappa shape index (κ3) is 3.01. The molecule has 1 aromatic carbocycles. The first-order valence-corrected chi connectivity index (χ1v) is 4.78. The second-order valence-electron chi connectivity index (χ2n) is 3.34. The average Bonchev–Trinajstić information content (AvgIpc) is 2.19. The molecule has 1 aromatic rings. The van der Waals surface area contributed by atoms with Gasteiger partial charge >= 0.3 is 0 Å². The molecule has 0 saturated heterocycles. The number of aliphatic hydroxyl groups is 2. The van der Waals surface area contributed by atoms with E-state index in [-0.39, 0.29) is 24.9 Å². The lowest BCUT2D eigenvalue weighted by molar-refractivity contribution is 0.237. The van der Waals surface area contributed by atoms with E-state index in [2.05, 4.69) is 0 Å². The topological polar surface area (TPSA) is 60.7 Å². The molecular weight excluding hydrogens is 180 g/mol. The largest absolute Gasteiger partial charge is 0.508 e. The van der Waals surface area contributed by atoms with Gasteiger partial charge in [-0.05, 0) is 30.5 Å². The Balaban J connectivity index is 2.68. The molecule has 0 bridgehead atoms. The summed E-state index contributed by atoms with van der Waals surface area (Å²) in [6.45, 7) is 0.179. The highest BCUT2D eigenvalue weighted by molar-refractivity contribution is 5.29. The van der Waals surface area contributed by atoms with Gasteiger partial charge in [0.15, 0.2) is 0 Å². The fourth-order valence-corrected chi connectivity index (χ4v) is 1.48. The predicted molar refractivity (Wildman–Crippen MR) is 54.3 cm³/mol. The van der Waals surface area contributed by atoms with Crippen LogP contribution in [0.4, 0.5) is 0 Å². The maximum Gasteiger partial charge on any atom is 0.115 e. The Kier molecular flexibility index (Phi) is 4.43. The molecule has 0 aliphatic heterocycles. The van der Waals surface area contributed by atoms with Gasteiger partial charge in [0.05, 0.1) is 0 Å². The van der Waals surface area contributed by atoms with Crippen LogP contribution >= 0.6 is 0 Å². The number of benzene rings is 1. The molecule has 14 heavy (non-hydrogen) atoms. The minimum absolute atomic E-state index is 0.00856. The number of phenolic OH excluding ortho intramolecular Hbond substituents is 1. The van der Waals surface area contributed by atoms with Crippen molar-refractivity contribution >= 4 is 0 Å². The Morgan fingerprint density at radius 3 is 2.57 bits per heavy atom. The first kappa shape index (κ1) is 11.0. The van der Waals surface area contributed by atoms with E-state index in [1.807, 2.05) is 6.07 Å². The van der Waals surface area contributed by atoms with Crippen molar-refractivity contribution in [1.29, 1.82) is 0 Å². The van der Waals surface area contributed by atoms with Gasteiger partial charge in [-0.15, -0.1) is 0 Å². The Hall–Kier alpha value is -1.06. The number of aliphatic hydroxyl groups excluding tert-OH is 2. The highest BCUT2D eigenvalue weighted by Crippen LogP contribution is 2.23. The van der Waals surface area contributed by atoms with E-state index in [1.54, 1.807) is 18.2 Å². The molecular formula is C11H16O3. The van der Waals surface area contributed by atoms with Gasteiger partial charge in [-0.3, -0.25) is 0 Å². The summed E-state index contributed by atoms with van der Waals surface area (Å²) < 4.78 is 0. The summed E-state index contributed by atoms with van der Waals surface area (Å²) in [5.41, 5.74) is 0.918. The SMILES string of the molecule is OCCCC(CO)c1cccc(O)c1. The van der Waals surface area contributed by atoms with Crippen LogP contribution in [-0.4, -0.2) is 28.5 Å². The highest BCUT2D eigenvalue weighted by atomic mass is 16.3. The smallest absolute Gasteiger partial charge is 0.115 e. The Bertz CT molecular complexity index is 273. The van der Waals surface area contributed by atoms with Crippen LogP contribution in [-0.2, 0) is 0 Å². The molecule has 0 aliphatic carbocycles. The average molecular weight is 196 g/mol. The number of rotatable bonds is 5. The van der Waals surface area contributed by atoms with Crippen molar-refractivity contribution in [3.8, 4) is 5.75 Å². The zero-order valence-electron chi connectivity index (χ0n) is 8.06. The summed E-state index contributed by atoms with van der Waals surface area (Å²) in [7, 11) is 0. The lowest BCUT2D eigenvalue weighted by atomic mass is 9.95. The zero-order chi connectivity index (χ0) is 10.4. The minimum atomic E-state index is 0.00856. The Labute approximate surface area is 83.6 Å². The van der Waals surface area contributed by atoms with Gasteiger partial charge in [0.2, 0.25) is 0 Å². The summed E-state index contributed by atoms with van der Waals surface area (Å²) in [6, 6.07) is 6.88. The molecule has 1 atom stereocenters. The van der Waals surface area contributed by atoms with Crippen LogP contribution in [0.25, 0.3) is 0 Å². The maximum absolute atomic E-state index is 9.25. The van der Waals surface area contributed by atoms with Crippen LogP contribution in [0, 0.1) is 0 Å². The molecule has 1 unspecified atom stereocenters. The fraction of sp³-hybridized carbons (Fsp3) is 0.455. The van der Waals surface area contributed by atoms with Crippen LogP contribution in [0.2, 0.25) is 0 Å². The molecule has 3 nitrogen and oxygen atoms in total. The predicted octanol–water partition coefficient (Wildman–Crippen LogP) is 1.24. The normalized spacial score (nSPS) is 12.7. The van der Waals surface area contributed by atoms with Crippen molar-refractivity contribution in [2.75, 3.05) is 13.2 Å². The number of aromatic hydroxyl groups is 1.